The predicted molar refractivity (Wildman–Crippen MR) is 162 cm³/mol. The maximum Gasteiger partial charge on any atom is 0.271 e. The lowest BCUT2D eigenvalue weighted by molar-refractivity contribution is -0.384. The number of rotatable bonds is 10. The first-order chi connectivity index (χ1) is 21.1. The van der Waals surface area contributed by atoms with Crippen molar-refractivity contribution in [3.8, 4) is 5.75 Å². The van der Waals surface area contributed by atoms with Gasteiger partial charge in [0.25, 0.3) is 5.69 Å². The molecular formula is C32H30ClN3O8. The van der Waals surface area contributed by atoms with Gasteiger partial charge < -0.3 is 20.4 Å². The van der Waals surface area contributed by atoms with Gasteiger partial charge in [0.05, 0.1) is 52.5 Å². The molecule has 12 heteroatoms. The minimum Gasteiger partial charge on any atom is -0.508 e. The van der Waals surface area contributed by atoms with Crippen LogP contribution in [0.25, 0.3) is 11.6 Å². The number of aromatic nitrogens is 1. The number of non-ortho nitro benzene ring substituents is 1. The normalized spacial score (nSPS) is 21.0. The number of aliphatic hydroxyl groups is 3. The summed E-state index contributed by atoms with van der Waals surface area (Å²) in [5.41, 5.74) is 2.41. The highest BCUT2D eigenvalue weighted by atomic mass is 35.5. The first-order valence-electron chi connectivity index (χ1n) is 14.0. The zero-order chi connectivity index (χ0) is 31.5. The van der Waals surface area contributed by atoms with Crippen molar-refractivity contribution in [2.24, 2.45) is 17.8 Å². The fourth-order valence-corrected chi connectivity index (χ4v) is 6.43. The van der Waals surface area contributed by atoms with Crippen LogP contribution in [-0.4, -0.2) is 61.5 Å². The lowest BCUT2D eigenvalue weighted by Crippen LogP contribution is -2.39. The largest absolute Gasteiger partial charge is 0.508 e. The standard InChI is InChI=1S/C32H30ClN3O8/c33-26-15-23(39)9-7-18(26)12-19(27-6-1-2-11-34-27)8-10-28(40)29-20(16-37)13-24-30(25(29)17-38)32(42)35(31(24)41)21-4-3-5-22(14-21)36(43)44/h1-7,9,11-12,14-15,24-25,28,30,37-40H,8,10,13,16-17H2/b19-12-/t24-,25+,28-,30-/m1/s1. The van der Waals surface area contributed by atoms with Gasteiger partial charge in [0.1, 0.15) is 5.75 Å². The van der Waals surface area contributed by atoms with Crippen LogP contribution in [0.3, 0.4) is 0 Å². The minimum atomic E-state index is -1.19. The van der Waals surface area contributed by atoms with Gasteiger partial charge in [-0.2, -0.15) is 0 Å². The van der Waals surface area contributed by atoms with E-state index < -0.39 is 53.8 Å². The molecule has 0 spiro atoms. The van der Waals surface area contributed by atoms with Crippen molar-refractivity contribution < 1.29 is 34.9 Å². The van der Waals surface area contributed by atoms with Gasteiger partial charge in [-0.25, -0.2) is 4.90 Å². The number of halogens is 1. The van der Waals surface area contributed by atoms with Crippen LogP contribution >= 0.6 is 11.6 Å². The number of carbonyl (C=O) groups excluding carboxylic acids is 2. The second-order valence-corrected chi connectivity index (χ2v) is 11.2. The molecule has 5 rings (SSSR count). The maximum absolute atomic E-state index is 13.7. The molecule has 1 aliphatic heterocycles. The molecule has 228 valence electrons. The summed E-state index contributed by atoms with van der Waals surface area (Å²) in [5.74, 6) is -4.08. The highest BCUT2D eigenvalue weighted by molar-refractivity contribution is 6.32. The third-order valence-corrected chi connectivity index (χ3v) is 8.55. The Morgan fingerprint density at radius 1 is 1.11 bits per heavy atom. The maximum atomic E-state index is 13.7. The summed E-state index contributed by atoms with van der Waals surface area (Å²) in [5, 5.41) is 53.7. The van der Waals surface area contributed by atoms with Crippen LogP contribution in [0.4, 0.5) is 11.4 Å². The van der Waals surface area contributed by atoms with E-state index in [9.17, 15) is 40.1 Å². The number of allylic oxidation sites excluding steroid dienone is 1. The van der Waals surface area contributed by atoms with E-state index in [1.165, 1.54) is 30.3 Å². The van der Waals surface area contributed by atoms with E-state index >= 15 is 0 Å². The van der Waals surface area contributed by atoms with Crippen molar-refractivity contribution in [3.05, 3.63) is 104 Å². The van der Waals surface area contributed by atoms with Crippen LogP contribution in [0.1, 0.15) is 30.5 Å². The van der Waals surface area contributed by atoms with E-state index in [0.717, 1.165) is 16.5 Å². The van der Waals surface area contributed by atoms with Crippen LogP contribution in [0.2, 0.25) is 5.02 Å². The second-order valence-electron chi connectivity index (χ2n) is 10.8. The fraction of sp³-hybridized carbons (Fsp3) is 0.281. The number of phenols is 1. The number of carbonyl (C=O) groups is 2. The Balaban J connectivity index is 1.44. The molecule has 2 amide bonds. The quantitative estimate of drug-likeness (QED) is 0.112. The number of imide groups is 1. The monoisotopic (exact) mass is 619 g/mol. The van der Waals surface area contributed by atoms with E-state index in [1.54, 1.807) is 30.5 Å². The second kappa shape index (κ2) is 13.1. The van der Waals surface area contributed by atoms with Gasteiger partial charge in [-0.1, -0.05) is 23.7 Å². The van der Waals surface area contributed by atoms with Gasteiger partial charge in [0.15, 0.2) is 0 Å². The van der Waals surface area contributed by atoms with E-state index in [-0.39, 0.29) is 36.4 Å². The summed E-state index contributed by atoms with van der Waals surface area (Å²) >= 11 is 6.34. The number of hydrogen-bond donors (Lipinski definition) is 4. The zero-order valence-electron chi connectivity index (χ0n) is 23.4. The number of phenolic OH excluding ortho intramolecular Hbond substituents is 1. The number of nitro benzene ring substituents is 1. The molecule has 44 heavy (non-hydrogen) atoms. The van der Waals surface area contributed by atoms with Gasteiger partial charge in [-0.05, 0) is 84.0 Å². The molecule has 0 unspecified atom stereocenters. The molecule has 2 aromatic carbocycles. The number of amides is 2. The Bertz CT molecular complexity index is 1660. The van der Waals surface area contributed by atoms with Crippen LogP contribution in [0.5, 0.6) is 5.75 Å². The van der Waals surface area contributed by atoms with Crippen molar-refractivity contribution in [3.63, 3.8) is 0 Å². The van der Waals surface area contributed by atoms with Gasteiger partial charge in [-0.3, -0.25) is 24.7 Å². The third kappa shape index (κ3) is 6.00. The number of fused-ring (bicyclic) bond motifs is 1. The Kier molecular flexibility index (Phi) is 9.21. The Hall–Kier alpha value is -4.42. The summed E-state index contributed by atoms with van der Waals surface area (Å²) in [6.45, 7) is -1.05. The molecule has 1 aliphatic carbocycles. The highest BCUT2D eigenvalue weighted by Gasteiger charge is 2.55. The average molecular weight is 620 g/mol. The van der Waals surface area contributed by atoms with Crippen molar-refractivity contribution in [1.82, 2.24) is 4.98 Å². The number of hydrogen-bond acceptors (Lipinski definition) is 9. The third-order valence-electron chi connectivity index (χ3n) is 8.22. The van der Waals surface area contributed by atoms with E-state index in [2.05, 4.69) is 4.98 Å². The van der Waals surface area contributed by atoms with Crippen LogP contribution in [0, 0.1) is 27.9 Å². The molecule has 0 saturated carbocycles. The Morgan fingerprint density at radius 3 is 2.57 bits per heavy atom. The fourth-order valence-electron chi connectivity index (χ4n) is 6.20. The Morgan fingerprint density at radius 2 is 1.91 bits per heavy atom. The Labute approximate surface area is 257 Å². The number of pyridine rings is 1. The smallest absolute Gasteiger partial charge is 0.271 e. The van der Waals surface area contributed by atoms with Crippen molar-refractivity contribution in [1.29, 1.82) is 0 Å². The summed E-state index contributed by atoms with van der Waals surface area (Å²) in [4.78, 5) is 43.2. The van der Waals surface area contributed by atoms with Crippen molar-refractivity contribution in [2.75, 3.05) is 18.1 Å². The summed E-state index contributed by atoms with van der Waals surface area (Å²) in [6, 6.07) is 15.2. The molecule has 0 bridgehead atoms. The molecule has 3 aromatic rings. The molecule has 2 aliphatic rings. The lowest BCUT2D eigenvalue weighted by atomic mass is 9.68. The number of aromatic hydroxyl groups is 1. The SMILES string of the molecule is O=C1[C@@H]2[C@@H](CC(CO)=C([C@H](O)CC/C(=C/c3ccc(O)cc3Cl)c3ccccn3)[C@@H]2CO)C(=O)N1c1cccc([N+](=O)[O-])c1. The van der Waals surface area contributed by atoms with E-state index in [0.29, 0.717) is 27.4 Å². The van der Waals surface area contributed by atoms with Gasteiger partial charge in [-0.15, -0.1) is 0 Å². The van der Waals surface area contributed by atoms with Gasteiger partial charge in [0.2, 0.25) is 11.8 Å². The summed E-state index contributed by atoms with van der Waals surface area (Å²) < 4.78 is 0. The molecule has 4 atom stereocenters. The first kappa shape index (κ1) is 31.0. The van der Waals surface area contributed by atoms with Crippen LogP contribution in [-0.2, 0) is 9.59 Å². The number of nitro groups is 1. The molecule has 1 fully saturated rings. The molecule has 4 N–H and O–H groups in total. The molecular weight excluding hydrogens is 590 g/mol. The molecule has 11 nitrogen and oxygen atoms in total. The first-order valence-corrected chi connectivity index (χ1v) is 14.4. The van der Waals surface area contributed by atoms with Gasteiger partial charge in [0, 0.05) is 24.2 Å². The molecule has 2 heterocycles. The minimum absolute atomic E-state index is 0.00782. The van der Waals surface area contributed by atoms with Gasteiger partial charge >= 0.3 is 0 Å². The topological polar surface area (TPSA) is 174 Å². The van der Waals surface area contributed by atoms with Crippen LogP contribution in [0.15, 0.2) is 78.0 Å². The number of nitrogens with zero attached hydrogens (tertiary/aromatic N) is 3. The molecule has 1 aromatic heterocycles. The number of aliphatic hydroxyl groups excluding tert-OH is 3. The molecule has 1 saturated heterocycles. The van der Waals surface area contributed by atoms with Crippen molar-refractivity contribution >= 4 is 46.4 Å². The number of benzene rings is 2. The predicted octanol–water partition coefficient (Wildman–Crippen LogP) is 4.14. The van der Waals surface area contributed by atoms with E-state index in [1.807, 2.05) is 6.07 Å². The number of anilines is 1. The average Bonchev–Trinajstić information content (AvgIpc) is 3.28. The molecule has 0 radical (unpaired) electrons. The highest BCUT2D eigenvalue weighted by Crippen LogP contribution is 2.47. The van der Waals surface area contributed by atoms with E-state index in [4.69, 9.17) is 11.6 Å². The summed E-state index contributed by atoms with van der Waals surface area (Å²) in [6.07, 6.45) is 2.65. The zero-order valence-corrected chi connectivity index (χ0v) is 24.2. The van der Waals surface area contributed by atoms with Crippen molar-refractivity contribution in [2.45, 2.75) is 25.4 Å². The van der Waals surface area contributed by atoms with Crippen LogP contribution < -0.4 is 4.90 Å². The summed E-state index contributed by atoms with van der Waals surface area (Å²) in [7, 11) is 0. The lowest BCUT2D eigenvalue weighted by Gasteiger charge is -2.36.